The smallest absolute Gasteiger partial charge is 0.128 e. The molecular formula is C12H14ClFN4. The van der Waals surface area contributed by atoms with Gasteiger partial charge in [0.25, 0.3) is 0 Å². The van der Waals surface area contributed by atoms with Crippen LogP contribution in [0.4, 0.5) is 4.39 Å². The summed E-state index contributed by atoms with van der Waals surface area (Å²) < 4.78 is 15.5. The van der Waals surface area contributed by atoms with Crippen LogP contribution in [0.3, 0.4) is 0 Å². The van der Waals surface area contributed by atoms with Gasteiger partial charge in [0, 0.05) is 17.6 Å². The van der Waals surface area contributed by atoms with Crippen LogP contribution in [0.2, 0.25) is 5.02 Å². The Morgan fingerprint density at radius 3 is 2.89 bits per heavy atom. The van der Waals surface area contributed by atoms with E-state index < -0.39 is 0 Å². The molecule has 0 radical (unpaired) electrons. The molecule has 2 rings (SSSR count). The molecule has 0 bridgehead atoms. The highest BCUT2D eigenvalue weighted by atomic mass is 35.5. The van der Waals surface area contributed by atoms with Crippen molar-refractivity contribution in [2.24, 2.45) is 7.05 Å². The first-order chi connectivity index (χ1) is 8.63. The SMILES string of the molecule is CCNC(c1cc(Cl)ccc1F)c1cnnn1C. The Morgan fingerprint density at radius 2 is 2.28 bits per heavy atom. The van der Waals surface area contributed by atoms with Crippen molar-refractivity contribution in [3.05, 3.63) is 46.5 Å². The molecule has 0 aliphatic rings. The van der Waals surface area contributed by atoms with E-state index in [1.54, 1.807) is 24.0 Å². The lowest BCUT2D eigenvalue weighted by Crippen LogP contribution is -2.25. The molecule has 4 nitrogen and oxygen atoms in total. The second kappa shape index (κ2) is 5.46. The zero-order chi connectivity index (χ0) is 13.1. The molecular weight excluding hydrogens is 255 g/mol. The topological polar surface area (TPSA) is 42.7 Å². The first-order valence-electron chi connectivity index (χ1n) is 5.66. The first-order valence-corrected chi connectivity index (χ1v) is 6.04. The van der Waals surface area contributed by atoms with Crippen molar-refractivity contribution in [2.75, 3.05) is 6.54 Å². The summed E-state index contributed by atoms with van der Waals surface area (Å²) in [6, 6.07) is 4.21. The lowest BCUT2D eigenvalue weighted by molar-refractivity contribution is 0.530. The van der Waals surface area contributed by atoms with Gasteiger partial charge in [-0.3, -0.25) is 4.68 Å². The van der Waals surface area contributed by atoms with Crippen molar-refractivity contribution in [2.45, 2.75) is 13.0 Å². The summed E-state index contributed by atoms with van der Waals surface area (Å²) in [6.07, 6.45) is 1.62. The van der Waals surface area contributed by atoms with E-state index in [-0.39, 0.29) is 11.9 Å². The summed E-state index contributed by atoms with van der Waals surface area (Å²) in [5.41, 5.74) is 1.28. The van der Waals surface area contributed by atoms with E-state index in [1.807, 2.05) is 6.92 Å². The minimum atomic E-state index is -0.311. The number of hydrogen-bond acceptors (Lipinski definition) is 3. The van der Waals surface area contributed by atoms with Crippen LogP contribution in [0.15, 0.2) is 24.4 Å². The average molecular weight is 269 g/mol. The Bertz CT molecular complexity index is 541. The predicted molar refractivity (Wildman–Crippen MR) is 67.9 cm³/mol. The van der Waals surface area contributed by atoms with Crippen LogP contribution in [0.1, 0.15) is 24.2 Å². The molecule has 1 atom stereocenters. The molecule has 1 aromatic carbocycles. The summed E-state index contributed by atoms with van der Waals surface area (Å²) in [4.78, 5) is 0. The second-order valence-corrected chi connectivity index (χ2v) is 4.38. The van der Waals surface area contributed by atoms with Crippen LogP contribution in [0.25, 0.3) is 0 Å². The molecule has 0 saturated heterocycles. The van der Waals surface area contributed by atoms with Crippen molar-refractivity contribution >= 4 is 11.6 Å². The van der Waals surface area contributed by atoms with Gasteiger partial charge in [-0.05, 0) is 24.7 Å². The van der Waals surface area contributed by atoms with Gasteiger partial charge >= 0.3 is 0 Å². The quantitative estimate of drug-likeness (QED) is 0.925. The summed E-state index contributed by atoms with van der Waals surface area (Å²) in [6.45, 7) is 2.65. The van der Waals surface area contributed by atoms with Crippen molar-refractivity contribution in [3.63, 3.8) is 0 Å². The van der Waals surface area contributed by atoms with Gasteiger partial charge < -0.3 is 5.32 Å². The normalized spacial score (nSPS) is 12.7. The van der Waals surface area contributed by atoms with Crippen molar-refractivity contribution in [1.82, 2.24) is 20.3 Å². The Hall–Kier alpha value is -1.46. The molecule has 0 aliphatic heterocycles. The molecule has 6 heteroatoms. The lowest BCUT2D eigenvalue weighted by atomic mass is 10.0. The fraction of sp³-hybridized carbons (Fsp3) is 0.333. The van der Waals surface area contributed by atoms with Gasteiger partial charge in [0.1, 0.15) is 5.82 Å². The number of rotatable bonds is 4. The lowest BCUT2D eigenvalue weighted by Gasteiger charge is -2.18. The van der Waals surface area contributed by atoms with Gasteiger partial charge in [-0.1, -0.05) is 23.7 Å². The average Bonchev–Trinajstić information content (AvgIpc) is 2.76. The minimum Gasteiger partial charge on any atom is -0.305 e. The molecule has 0 saturated carbocycles. The first kappa shape index (κ1) is 13.0. The van der Waals surface area contributed by atoms with Crippen LogP contribution < -0.4 is 5.32 Å². The van der Waals surface area contributed by atoms with E-state index in [9.17, 15) is 4.39 Å². The second-order valence-electron chi connectivity index (χ2n) is 3.94. The monoisotopic (exact) mass is 268 g/mol. The fourth-order valence-electron chi connectivity index (χ4n) is 1.87. The number of hydrogen-bond donors (Lipinski definition) is 1. The fourth-order valence-corrected chi connectivity index (χ4v) is 2.05. The van der Waals surface area contributed by atoms with E-state index in [1.165, 1.54) is 12.1 Å². The number of benzene rings is 1. The molecule has 1 heterocycles. The van der Waals surface area contributed by atoms with Crippen LogP contribution in [0, 0.1) is 5.82 Å². The number of aryl methyl sites for hydroxylation is 1. The van der Waals surface area contributed by atoms with Crippen LogP contribution >= 0.6 is 11.6 Å². The number of aromatic nitrogens is 3. The maximum absolute atomic E-state index is 13.9. The zero-order valence-corrected chi connectivity index (χ0v) is 10.9. The van der Waals surface area contributed by atoms with Gasteiger partial charge in [0.05, 0.1) is 17.9 Å². The van der Waals surface area contributed by atoms with Crippen molar-refractivity contribution in [1.29, 1.82) is 0 Å². The van der Waals surface area contributed by atoms with E-state index in [2.05, 4.69) is 15.6 Å². The third-order valence-corrected chi connectivity index (χ3v) is 2.96. The van der Waals surface area contributed by atoms with Gasteiger partial charge in [-0.25, -0.2) is 4.39 Å². The number of nitrogens with one attached hydrogen (secondary N) is 1. The van der Waals surface area contributed by atoms with Gasteiger partial charge in [0.2, 0.25) is 0 Å². The molecule has 96 valence electrons. The minimum absolute atomic E-state index is 0.299. The summed E-state index contributed by atoms with van der Waals surface area (Å²) in [5.74, 6) is -0.299. The molecule has 2 aromatic rings. The van der Waals surface area contributed by atoms with Crippen molar-refractivity contribution < 1.29 is 4.39 Å². The highest BCUT2D eigenvalue weighted by Gasteiger charge is 2.20. The highest BCUT2D eigenvalue weighted by Crippen LogP contribution is 2.26. The molecule has 0 aliphatic carbocycles. The van der Waals surface area contributed by atoms with Crippen LogP contribution in [-0.4, -0.2) is 21.5 Å². The summed E-state index contributed by atoms with van der Waals surface area (Å²) >= 11 is 5.93. The third kappa shape index (κ3) is 2.52. The summed E-state index contributed by atoms with van der Waals surface area (Å²) in [5, 5.41) is 11.4. The van der Waals surface area contributed by atoms with Gasteiger partial charge in [-0.2, -0.15) is 0 Å². The predicted octanol–water partition coefficient (Wildman–Crippen LogP) is 2.31. The maximum atomic E-state index is 13.9. The highest BCUT2D eigenvalue weighted by molar-refractivity contribution is 6.30. The molecule has 0 fully saturated rings. The Balaban J connectivity index is 2.48. The molecule has 0 spiro atoms. The van der Waals surface area contributed by atoms with Crippen LogP contribution in [0.5, 0.6) is 0 Å². The Morgan fingerprint density at radius 1 is 1.50 bits per heavy atom. The largest absolute Gasteiger partial charge is 0.305 e. The molecule has 1 unspecified atom stereocenters. The standard InChI is InChI=1S/C12H14ClFN4/c1-3-15-12(11-7-16-17-18(11)2)9-6-8(13)4-5-10(9)14/h4-7,12,15H,3H2,1-2H3. The van der Waals surface area contributed by atoms with E-state index in [0.29, 0.717) is 17.1 Å². The van der Waals surface area contributed by atoms with Gasteiger partial charge in [-0.15, -0.1) is 5.10 Å². The maximum Gasteiger partial charge on any atom is 0.128 e. The molecule has 1 N–H and O–H groups in total. The summed E-state index contributed by atoms with van der Waals surface area (Å²) in [7, 11) is 1.77. The zero-order valence-electron chi connectivity index (χ0n) is 10.2. The number of nitrogens with zero attached hydrogens (tertiary/aromatic N) is 3. The van der Waals surface area contributed by atoms with Crippen molar-refractivity contribution in [3.8, 4) is 0 Å². The Labute approximate surface area is 110 Å². The molecule has 18 heavy (non-hydrogen) atoms. The third-order valence-electron chi connectivity index (χ3n) is 2.72. The Kier molecular flexibility index (Phi) is 3.93. The van der Waals surface area contributed by atoms with E-state index in [0.717, 1.165) is 5.69 Å². The van der Waals surface area contributed by atoms with Gasteiger partial charge in [0.15, 0.2) is 0 Å². The number of halogens is 2. The van der Waals surface area contributed by atoms with E-state index >= 15 is 0 Å². The molecule has 0 amide bonds. The molecule has 1 aromatic heterocycles. The van der Waals surface area contributed by atoms with Crippen LogP contribution in [-0.2, 0) is 7.05 Å². The van der Waals surface area contributed by atoms with E-state index in [4.69, 9.17) is 11.6 Å².